The zero-order chi connectivity index (χ0) is 18.8. The Kier molecular flexibility index (Phi) is 6.42. The highest BCUT2D eigenvalue weighted by Crippen LogP contribution is 2.36. The average Bonchev–Trinajstić information content (AvgIpc) is 2.88. The van der Waals surface area contributed by atoms with Gasteiger partial charge in [0, 0.05) is 30.6 Å². The molecule has 148 valence electrons. The number of nitrogens with zero attached hydrogens (tertiary/aromatic N) is 1. The Labute approximate surface area is 172 Å². The van der Waals surface area contributed by atoms with Crippen molar-refractivity contribution in [1.29, 1.82) is 0 Å². The van der Waals surface area contributed by atoms with Gasteiger partial charge in [0.15, 0.2) is 0 Å². The molecule has 4 nitrogen and oxygen atoms in total. The Balaban J connectivity index is 0.00000225. The minimum Gasteiger partial charge on any atom is -0.459 e. The van der Waals surface area contributed by atoms with Crippen LogP contribution in [0.1, 0.15) is 36.8 Å². The van der Waals surface area contributed by atoms with Crippen LogP contribution in [0, 0.1) is 0 Å². The summed E-state index contributed by atoms with van der Waals surface area (Å²) >= 11 is 0. The Bertz CT molecular complexity index is 839. The summed E-state index contributed by atoms with van der Waals surface area (Å²) in [5, 5.41) is 0. The van der Waals surface area contributed by atoms with Gasteiger partial charge in [-0.05, 0) is 49.2 Å². The SMILES string of the molecule is CN1[C@@H]2CC[C@H]1CC(OC(=O)/C(=C/c1ccccc1)c1cccc(N)c1)C2.Cl. The molecule has 0 saturated carbocycles. The van der Waals surface area contributed by atoms with Crippen molar-refractivity contribution in [2.24, 2.45) is 0 Å². The summed E-state index contributed by atoms with van der Waals surface area (Å²) in [5.41, 5.74) is 8.90. The van der Waals surface area contributed by atoms with E-state index in [1.807, 2.05) is 60.7 Å². The molecule has 2 aliphatic heterocycles. The van der Waals surface area contributed by atoms with Crippen LogP contribution < -0.4 is 5.73 Å². The first-order chi connectivity index (χ1) is 13.1. The van der Waals surface area contributed by atoms with Gasteiger partial charge in [-0.3, -0.25) is 0 Å². The van der Waals surface area contributed by atoms with Crippen LogP contribution in [-0.2, 0) is 9.53 Å². The quantitative estimate of drug-likeness (QED) is 0.359. The summed E-state index contributed by atoms with van der Waals surface area (Å²) in [5.74, 6) is -0.265. The van der Waals surface area contributed by atoms with Crippen molar-refractivity contribution in [3.63, 3.8) is 0 Å². The molecule has 1 unspecified atom stereocenters. The fourth-order valence-corrected chi connectivity index (χ4v) is 4.35. The molecule has 2 fully saturated rings. The molecule has 3 atom stereocenters. The number of rotatable bonds is 4. The van der Waals surface area contributed by atoms with E-state index in [1.165, 1.54) is 12.8 Å². The summed E-state index contributed by atoms with van der Waals surface area (Å²) in [4.78, 5) is 15.5. The highest BCUT2D eigenvalue weighted by Gasteiger charge is 2.40. The molecule has 2 saturated heterocycles. The lowest BCUT2D eigenvalue weighted by Gasteiger charge is -2.35. The highest BCUT2D eigenvalue weighted by atomic mass is 35.5. The van der Waals surface area contributed by atoms with Crippen molar-refractivity contribution in [3.8, 4) is 0 Å². The van der Waals surface area contributed by atoms with Crippen LogP contribution in [0.4, 0.5) is 5.69 Å². The molecule has 2 aromatic carbocycles. The van der Waals surface area contributed by atoms with E-state index in [9.17, 15) is 4.79 Å². The van der Waals surface area contributed by atoms with Crippen molar-refractivity contribution in [1.82, 2.24) is 4.90 Å². The van der Waals surface area contributed by atoms with Crippen LogP contribution >= 0.6 is 12.4 Å². The predicted octanol–water partition coefficient (Wildman–Crippen LogP) is 4.40. The maximum absolute atomic E-state index is 13.1. The zero-order valence-corrected chi connectivity index (χ0v) is 16.9. The van der Waals surface area contributed by atoms with E-state index in [0.29, 0.717) is 23.3 Å². The Hall–Kier alpha value is -2.30. The van der Waals surface area contributed by atoms with Crippen LogP contribution in [0.3, 0.4) is 0 Å². The van der Waals surface area contributed by atoms with Crippen LogP contribution in [0.15, 0.2) is 54.6 Å². The second-order valence-electron chi connectivity index (χ2n) is 7.64. The molecule has 0 spiro atoms. The maximum atomic E-state index is 13.1. The number of hydrogen-bond acceptors (Lipinski definition) is 4. The first-order valence-electron chi connectivity index (χ1n) is 9.66. The van der Waals surface area contributed by atoms with Crippen molar-refractivity contribution >= 4 is 35.7 Å². The summed E-state index contributed by atoms with van der Waals surface area (Å²) in [7, 11) is 2.19. The number of ether oxygens (including phenoxy) is 1. The molecular formula is C23H27ClN2O2. The van der Waals surface area contributed by atoms with E-state index in [0.717, 1.165) is 24.0 Å². The summed E-state index contributed by atoms with van der Waals surface area (Å²) in [6, 6.07) is 18.3. The lowest BCUT2D eigenvalue weighted by Crippen LogP contribution is -2.43. The van der Waals surface area contributed by atoms with E-state index in [4.69, 9.17) is 10.5 Å². The number of piperidine rings is 1. The third-order valence-corrected chi connectivity index (χ3v) is 5.86. The van der Waals surface area contributed by atoms with Crippen LogP contribution in [0.2, 0.25) is 0 Å². The lowest BCUT2D eigenvalue weighted by molar-refractivity contribution is -0.144. The predicted molar refractivity (Wildman–Crippen MR) is 116 cm³/mol. The number of carbonyl (C=O) groups is 1. The number of anilines is 1. The van der Waals surface area contributed by atoms with Crippen molar-refractivity contribution in [3.05, 3.63) is 65.7 Å². The number of halogens is 1. The third-order valence-electron chi connectivity index (χ3n) is 5.86. The molecule has 5 heteroatoms. The van der Waals surface area contributed by atoms with E-state index in [1.54, 1.807) is 0 Å². The van der Waals surface area contributed by atoms with E-state index >= 15 is 0 Å². The summed E-state index contributed by atoms with van der Waals surface area (Å²) in [6.07, 6.45) is 6.14. The molecule has 0 aliphatic carbocycles. The maximum Gasteiger partial charge on any atom is 0.339 e. The largest absolute Gasteiger partial charge is 0.459 e. The minimum absolute atomic E-state index is 0. The number of nitrogen functional groups attached to an aromatic ring is 1. The van der Waals surface area contributed by atoms with Crippen molar-refractivity contribution in [2.45, 2.75) is 43.9 Å². The van der Waals surface area contributed by atoms with Crippen LogP contribution in [0.25, 0.3) is 11.6 Å². The standard InChI is InChI=1S/C23H26N2O2.ClH/c1-25-19-10-11-20(25)15-21(14-19)27-23(26)22(12-16-6-3-2-4-7-16)17-8-5-9-18(24)13-17;/h2-9,12-13,19-21H,10-11,14-15,24H2,1H3;1H/b22-12+;/t19-,20+,21?;. The number of benzene rings is 2. The van der Waals surface area contributed by atoms with Gasteiger partial charge in [-0.25, -0.2) is 4.79 Å². The second-order valence-corrected chi connectivity index (χ2v) is 7.64. The van der Waals surface area contributed by atoms with Gasteiger partial charge in [0.1, 0.15) is 6.10 Å². The molecule has 0 radical (unpaired) electrons. The minimum atomic E-state index is -0.265. The van der Waals surface area contributed by atoms with Gasteiger partial charge in [0.25, 0.3) is 0 Å². The molecular weight excluding hydrogens is 372 g/mol. The first-order valence-corrected chi connectivity index (χ1v) is 9.66. The molecule has 4 rings (SSSR count). The molecule has 2 aliphatic rings. The van der Waals surface area contributed by atoms with Crippen molar-refractivity contribution < 1.29 is 9.53 Å². The topological polar surface area (TPSA) is 55.6 Å². The Morgan fingerprint density at radius 3 is 2.39 bits per heavy atom. The van der Waals surface area contributed by atoms with Crippen LogP contribution in [0.5, 0.6) is 0 Å². The Morgan fingerprint density at radius 1 is 1.07 bits per heavy atom. The fraction of sp³-hybridized carbons (Fsp3) is 0.348. The summed E-state index contributed by atoms with van der Waals surface area (Å²) in [6.45, 7) is 0. The van der Waals surface area contributed by atoms with Gasteiger partial charge >= 0.3 is 5.97 Å². The van der Waals surface area contributed by atoms with E-state index in [2.05, 4.69) is 11.9 Å². The van der Waals surface area contributed by atoms with E-state index in [-0.39, 0.29) is 24.5 Å². The number of nitrogens with two attached hydrogens (primary N) is 1. The fourth-order valence-electron chi connectivity index (χ4n) is 4.35. The number of carbonyl (C=O) groups excluding carboxylic acids is 1. The monoisotopic (exact) mass is 398 g/mol. The molecule has 0 aromatic heterocycles. The molecule has 28 heavy (non-hydrogen) atoms. The Morgan fingerprint density at radius 2 is 1.75 bits per heavy atom. The number of hydrogen-bond donors (Lipinski definition) is 1. The zero-order valence-electron chi connectivity index (χ0n) is 16.1. The van der Waals surface area contributed by atoms with Gasteiger partial charge in [-0.15, -0.1) is 12.4 Å². The van der Waals surface area contributed by atoms with Gasteiger partial charge in [-0.1, -0.05) is 42.5 Å². The van der Waals surface area contributed by atoms with Crippen molar-refractivity contribution in [2.75, 3.05) is 12.8 Å². The molecule has 2 aromatic rings. The molecule has 2 N–H and O–H groups in total. The van der Waals surface area contributed by atoms with E-state index < -0.39 is 0 Å². The van der Waals surface area contributed by atoms with Gasteiger partial charge in [0.05, 0.1) is 5.57 Å². The molecule has 2 heterocycles. The summed E-state index contributed by atoms with van der Waals surface area (Å²) < 4.78 is 5.97. The normalized spacial score (nSPS) is 24.5. The lowest BCUT2D eigenvalue weighted by atomic mass is 9.99. The van der Waals surface area contributed by atoms with Gasteiger partial charge < -0.3 is 15.4 Å². The smallest absolute Gasteiger partial charge is 0.339 e. The second kappa shape index (κ2) is 8.80. The number of fused-ring (bicyclic) bond motifs is 2. The third kappa shape index (κ3) is 4.40. The van der Waals surface area contributed by atoms with Gasteiger partial charge in [0.2, 0.25) is 0 Å². The average molecular weight is 399 g/mol. The highest BCUT2D eigenvalue weighted by molar-refractivity contribution is 6.21. The molecule has 0 amide bonds. The van der Waals surface area contributed by atoms with Crippen LogP contribution in [-0.4, -0.2) is 36.1 Å². The first kappa shape index (κ1) is 20.4. The van der Waals surface area contributed by atoms with Gasteiger partial charge in [-0.2, -0.15) is 0 Å². The molecule has 2 bridgehead atoms. The number of esters is 1.